The van der Waals surface area contributed by atoms with E-state index in [1.807, 2.05) is 32.0 Å². The molecule has 1 aromatic rings. The van der Waals surface area contributed by atoms with Crippen LogP contribution in [0.5, 0.6) is 5.75 Å². The predicted octanol–water partition coefficient (Wildman–Crippen LogP) is 2.81. The summed E-state index contributed by atoms with van der Waals surface area (Å²) in [4.78, 5) is 11.2. The van der Waals surface area contributed by atoms with Crippen LogP contribution in [0.25, 0.3) is 0 Å². The molecule has 0 aliphatic rings. The van der Waals surface area contributed by atoms with Gasteiger partial charge in [0.15, 0.2) is 0 Å². The Morgan fingerprint density at radius 1 is 1.25 bits per heavy atom. The molecule has 0 heterocycles. The lowest BCUT2D eigenvalue weighted by Crippen LogP contribution is -2.07. The second-order valence-electron chi connectivity index (χ2n) is 4.37. The van der Waals surface area contributed by atoms with Crippen molar-refractivity contribution in [3.05, 3.63) is 18.2 Å². The molecule has 0 spiro atoms. The van der Waals surface area contributed by atoms with E-state index in [2.05, 4.69) is 5.32 Å². The fourth-order valence-corrected chi connectivity index (χ4v) is 1.81. The Balaban J connectivity index is 2.26. The van der Waals surface area contributed by atoms with Crippen molar-refractivity contribution in [1.82, 2.24) is 0 Å². The molecule has 0 amide bonds. The Morgan fingerprint density at radius 3 is 2.70 bits per heavy atom. The van der Waals surface area contributed by atoms with Crippen molar-refractivity contribution in [2.24, 2.45) is 0 Å². The third kappa shape index (κ3) is 5.82. The summed E-state index contributed by atoms with van der Waals surface area (Å²) in [5, 5.41) is 3.26. The van der Waals surface area contributed by atoms with Crippen molar-refractivity contribution in [2.45, 2.75) is 33.1 Å². The third-order valence-electron chi connectivity index (χ3n) is 2.76. The molecule has 0 aliphatic carbocycles. The predicted molar refractivity (Wildman–Crippen MR) is 81.0 cm³/mol. The Labute approximate surface area is 120 Å². The van der Waals surface area contributed by atoms with Gasteiger partial charge in [-0.25, -0.2) is 0 Å². The molecule has 0 atom stereocenters. The number of anilines is 2. The highest BCUT2D eigenvalue weighted by atomic mass is 16.5. The van der Waals surface area contributed by atoms with Gasteiger partial charge in [-0.2, -0.15) is 0 Å². The fraction of sp³-hybridized carbons (Fsp3) is 0.533. The van der Waals surface area contributed by atoms with E-state index in [1.54, 1.807) is 0 Å². The lowest BCUT2D eigenvalue weighted by molar-refractivity contribution is -0.143. The average Bonchev–Trinajstić information content (AvgIpc) is 2.41. The van der Waals surface area contributed by atoms with E-state index in [1.165, 1.54) is 0 Å². The van der Waals surface area contributed by atoms with Crippen LogP contribution in [0.15, 0.2) is 18.2 Å². The monoisotopic (exact) mass is 280 g/mol. The van der Waals surface area contributed by atoms with Gasteiger partial charge in [-0.1, -0.05) is 0 Å². The maximum absolute atomic E-state index is 11.2. The van der Waals surface area contributed by atoms with E-state index in [-0.39, 0.29) is 5.97 Å². The van der Waals surface area contributed by atoms with Gasteiger partial charge in [0.25, 0.3) is 0 Å². The summed E-state index contributed by atoms with van der Waals surface area (Å²) >= 11 is 0. The Kier molecular flexibility index (Phi) is 7.32. The van der Waals surface area contributed by atoms with E-state index >= 15 is 0 Å². The minimum atomic E-state index is -0.131. The number of carbonyl (C=O) groups is 1. The van der Waals surface area contributed by atoms with Crippen LogP contribution in [0.2, 0.25) is 0 Å². The van der Waals surface area contributed by atoms with Crippen LogP contribution in [0.1, 0.15) is 33.1 Å². The first-order valence-corrected chi connectivity index (χ1v) is 7.09. The second kappa shape index (κ2) is 9.07. The van der Waals surface area contributed by atoms with Crippen molar-refractivity contribution in [3.63, 3.8) is 0 Å². The Hall–Kier alpha value is -1.91. The summed E-state index contributed by atoms with van der Waals surface area (Å²) in [6, 6.07) is 5.61. The van der Waals surface area contributed by atoms with Crippen LogP contribution in [0.4, 0.5) is 11.4 Å². The van der Waals surface area contributed by atoms with Crippen LogP contribution in [-0.2, 0) is 9.53 Å². The number of nitrogens with one attached hydrogen (secondary N) is 1. The SMILES string of the molecule is CCOC(=O)CCCCNc1ccc(OCC)cc1N. The first kappa shape index (κ1) is 16.1. The van der Waals surface area contributed by atoms with Gasteiger partial charge >= 0.3 is 5.97 Å². The topological polar surface area (TPSA) is 73.6 Å². The first-order chi connectivity index (χ1) is 9.67. The standard InChI is InChI=1S/C15H24N2O3/c1-3-19-12-8-9-14(13(16)11-12)17-10-6-5-7-15(18)20-4-2/h8-9,11,17H,3-7,10,16H2,1-2H3. The number of ether oxygens (including phenoxy) is 2. The van der Waals surface area contributed by atoms with E-state index in [0.717, 1.165) is 30.8 Å². The molecule has 0 unspecified atom stereocenters. The van der Waals surface area contributed by atoms with Crippen molar-refractivity contribution >= 4 is 17.3 Å². The zero-order valence-electron chi connectivity index (χ0n) is 12.3. The number of unbranched alkanes of at least 4 members (excludes halogenated alkanes) is 1. The normalized spacial score (nSPS) is 10.1. The average molecular weight is 280 g/mol. The van der Waals surface area contributed by atoms with E-state index < -0.39 is 0 Å². The molecular formula is C15H24N2O3. The molecule has 112 valence electrons. The minimum absolute atomic E-state index is 0.131. The molecule has 0 fully saturated rings. The summed E-state index contributed by atoms with van der Waals surface area (Å²) < 4.78 is 10.2. The fourth-order valence-electron chi connectivity index (χ4n) is 1.81. The van der Waals surface area contributed by atoms with Crippen molar-refractivity contribution in [1.29, 1.82) is 0 Å². The summed E-state index contributed by atoms with van der Waals surface area (Å²) in [5.41, 5.74) is 7.50. The van der Waals surface area contributed by atoms with Gasteiger partial charge in [0, 0.05) is 19.0 Å². The smallest absolute Gasteiger partial charge is 0.305 e. The minimum Gasteiger partial charge on any atom is -0.494 e. The summed E-state index contributed by atoms with van der Waals surface area (Å²) in [7, 11) is 0. The van der Waals surface area contributed by atoms with Gasteiger partial charge in [0.05, 0.1) is 24.6 Å². The van der Waals surface area contributed by atoms with Gasteiger partial charge in [0.2, 0.25) is 0 Å². The lowest BCUT2D eigenvalue weighted by atomic mass is 10.2. The maximum atomic E-state index is 11.2. The highest BCUT2D eigenvalue weighted by Crippen LogP contribution is 2.24. The van der Waals surface area contributed by atoms with E-state index in [9.17, 15) is 4.79 Å². The highest BCUT2D eigenvalue weighted by Gasteiger charge is 2.03. The van der Waals surface area contributed by atoms with Gasteiger partial charge in [-0.05, 0) is 38.8 Å². The van der Waals surface area contributed by atoms with Crippen LogP contribution in [0, 0.1) is 0 Å². The molecule has 0 bridgehead atoms. The van der Waals surface area contributed by atoms with Gasteiger partial charge in [0.1, 0.15) is 5.75 Å². The van der Waals surface area contributed by atoms with E-state index in [4.69, 9.17) is 15.2 Å². The lowest BCUT2D eigenvalue weighted by Gasteiger charge is -2.11. The molecule has 3 N–H and O–H groups in total. The number of nitrogens with two attached hydrogens (primary N) is 1. The molecule has 0 aliphatic heterocycles. The van der Waals surface area contributed by atoms with Gasteiger partial charge in [-0.3, -0.25) is 4.79 Å². The molecule has 1 rings (SSSR count). The van der Waals surface area contributed by atoms with Crippen LogP contribution >= 0.6 is 0 Å². The molecule has 5 heteroatoms. The van der Waals surface area contributed by atoms with Crippen molar-refractivity contribution in [2.75, 3.05) is 30.8 Å². The summed E-state index contributed by atoms with van der Waals surface area (Å²) in [6.07, 6.45) is 2.17. The molecular weight excluding hydrogens is 256 g/mol. The number of carbonyl (C=O) groups excluding carboxylic acids is 1. The zero-order valence-corrected chi connectivity index (χ0v) is 12.3. The van der Waals surface area contributed by atoms with Crippen molar-refractivity contribution in [3.8, 4) is 5.75 Å². The number of hydrogen-bond acceptors (Lipinski definition) is 5. The maximum Gasteiger partial charge on any atom is 0.305 e. The first-order valence-electron chi connectivity index (χ1n) is 7.09. The third-order valence-corrected chi connectivity index (χ3v) is 2.76. The van der Waals surface area contributed by atoms with E-state index in [0.29, 0.717) is 25.3 Å². The molecule has 0 radical (unpaired) electrons. The number of hydrogen-bond donors (Lipinski definition) is 2. The number of esters is 1. The molecule has 0 saturated carbocycles. The molecule has 0 aromatic heterocycles. The van der Waals surface area contributed by atoms with Crippen LogP contribution in [-0.4, -0.2) is 25.7 Å². The Morgan fingerprint density at radius 2 is 2.05 bits per heavy atom. The second-order valence-corrected chi connectivity index (χ2v) is 4.37. The largest absolute Gasteiger partial charge is 0.494 e. The van der Waals surface area contributed by atoms with Crippen LogP contribution in [0.3, 0.4) is 0 Å². The quantitative estimate of drug-likeness (QED) is 0.413. The molecule has 0 saturated heterocycles. The molecule has 5 nitrogen and oxygen atoms in total. The van der Waals surface area contributed by atoms with Crippen molar-refractivity contribution < 1.29 is 14.3 Å². The molecule has 20 heavy (non-hydrogen) atoms. The van der Waals surface area contributed by atoms with Gasteiger partial charge in [-0.15, -0.1) is 0 Å². The number of benzene rings is 1. The Bertz CT molecular complexity index is 422. The van der Waals surface area contributed by atoms with Crippen LogP contribution < -0.4 is 15.8 Å². The zero-order chi connectivity index (χ0) is 14.8. The summed E-state index contributed by atoms with van der Waals surface area (Å²) in [5.74, 6) is 0.644. The van der Waals surface area contributed by atoms with Gasteiger partial charge < -0.3 is 20.5 Å². The highest BCUT2D eigenvalue weighted by molar-refractivity contribution is 5.69. The summed E-state index contributed by atoms with van der Waals surface area (Å²) in [6.45, 7) is 5.59. The number of nitrogen functional groups attached to an aromatic ring is 1. The molecule has 1 aromatic carbocycles. The number of rotatable bonds is 9.